The second-order valence-corrected chi connectivity index (χ2v) is 3.25. The number of anilines is 1. The molecule has 0 aromatic carbocycles. The number of hydrogen-bond acceptors (Lipinski definition) is 4. The number of nitrogens with two attached hydrogens (primary N) is 1. The molecule has 0 aliphatic rings. The summed E-state index contributed by atoms with van der Waals surface area (Å²) < 4.78 is 4.84. The fourth-order valence-corrected chi connectivity index (χ4v) is 1.70. The van der Waals surface area contributed by atoms with Crippen LogP contribution < -0.4 is 5.73 Å². The molecule has 0 atom stereocenters. The van der Waals surface area contributed by atoms with Crippen molar-refractivity contribution in [3.05, 3.63) is 15.8 Å². The lowest BCUT2D eigenvalue weighted by Crippen LogP contribution is -2.04. The number of rotatable bonds is 2. The molecule has 3 nitrogen and oxygen atoms in total. The summed E-state index contributed by atoms with van der Waals surface area (Å²) in [4.78, 5) is 11.8. The van der Waals surface area contributed by atoms with Crippen LogP contribution in [0.3, 0.4) is 0 Å². The normalized spacial score (nSPS) is 9.83. The Balaban J connectivity index is 2.88. The average Bonchev–Trinajstić information content (AvgIpc) is 2.34. The summed E-state index contributed by atoms with van der Waals surface area (Å²) in [5, 5.41) is 1.75. The molecule has 0 saturated carbocycles. The first-order valence-electron chi connectivity index (χ1n) is 3.67. The number of ether oxygens (including phenoxy) is 1. The number of hydrogen-bond donors (Lipinski definition) is 1. The highest BCUT2D eigenvalue weighted by Crippen LogP contribution is 2.24. The zero-order valence-electron chi connectivity index (χ0n) is 7.09. The molecule has 1 aromatic rings. The standard InChI is InChI=1S/C8H11NO2S/c1-3-11-8(10)7-5(2)6(9)4-12-7/h4H,3,9H2,1-2H3. The van der Waals surface area contributed by atoms with E-state index in [1.54, 1.807) is 12.3 Å². The van der Waals surface area contributed by atoms with Gasteiger partial charge < -0.3 is 10.5 Å². The van der Waals surface area contributed by atoms with Crippen LogP contribution in [-0.2, 0) is 4.74 Å². The monoisotopic (exact) mass is 185 g/mol. The van der Waals surface area contributed by atoms with Gasteiger partial charge in [-0.1, -0.05) is 0 Å². The number of carbonyl (C=O) groups excluding carboxylic acids is 1. The van der Waals surface area contributed by atoms with Gasteiger partial charge in [0.2, 0.25) is 0 Å². The molecule has 0 aliphatic carbocycles. The third-order valence-corrected chi connectivity index (χ3v) is 2.62. The fourth-order valence-electron chi connectivity index (χ4n) is 0.828. The maximum absolute atomic E-state index is 11.2. The van der Waals surface area contributed by atoms with Crippen molar-refractivity contribution in [1.29, 1.82) is 0 Å². The highest BCUT2D eigenvalue weighted by molar-refractivity contribution is 7.12. The molecule has 1 heterocycles. The summed E-state index contributed by atoms with van der Waals surface area (Å²) in [6, 6.07) is 0. The maximum Gasteiger partial charge on any atom is 0.348 e. The van der Waals surface area contributed by atoms with Crippen LogP contribution in [0.15, 0.2) is 5.38 Å². The van der Waals surface area contributed by atoms with Gasteiger partial charge in [-0.05, 0) is 19.4 Å². The molecular formula is C8H11NO2S. The van der Waals surface area contributed by atoms with Gasteiger partial charge in [0.1, 0.15) is 4.88 Å². The SMILES string of the molecule is CCOC(=O)c1scc(N)c1C. The van der Waals surface area contributed by atoms with Crippen LogP contribution in [-0.4, -0.2) is 12.6 Å². The van der Waals surface area contributed by atoms with Crippen LogP contribution in [0.4, 0.5) is 5.69 Å². The van der Waals surface area contributed by atoms with Crippen LogP contribution in [0, 0.1) is 6.92 Å². The minimum absolute atomic E-state index is 0.281. The van der Waals surface area contributed by atoms with Gasteiger partial charge in [-0.15, -0.1) is 11.3 Å². The largest absolute Gasteiger partial charge is 0.462 e. The number of thiophene rings is 1. The van der Waals surface area contributed by atoms with E-state index in [0.717, 1.165) is 5.56 Å². The Morgan fingerprint density at radius 2 is 2.42 bits per heavy atom. The van der Waals surface area contributed by atoms with Gasteiger partial charge in [-0.2, -0.15) is 0 Å². The summed E-state index contributed by atoms with van der Waals surface area (Å²) in [5.74, 6) is -0.281. The van der Waals surface area contributed by atoms with Crippen molar-refractivity contribution in [2.45, 2.75) is 13.8 Å². The molecule has 0 radical (unpaired) electrons. The van der Waals surface area contributed by atoms with E-state index in [1.807, 2.05) is 6.92 Å². The maximum atomic E-state index is 11.2. The Kier molecular flexibility index (Phi) is 2.70. The van der Waals surface area contributed by atoms with Gasteiger partial charge in [0.05, 0.1) is 6.61 Å². The van der Waals surface area contributed by atoms with Crippen LogP contribution in [0.1, 0.15) is 22.2 Å². The van der Waals surface area contributed by atoms with Crippen LogP contribution in [0.2, 0.25) is 0 Å². The van der Waals surface area contributed by atoms with E-state index >= 15 is 0 Å². The van der Waals surface area contributed by atoms with Gasteiger partial charge in [0, 0.05) is 11.1 Å². The third kappa shape index (κ3) is 1.58. The average molecular weight is 185 g/mol. The zero-order valence-corrected chi connectivity index (χ0v) is 7.90. The lowest BCUT2D eigenvalue weighted by molar-refractivity contribution is 0.0531. The molecule has 1 rings (SSSR count). The summed E-state index contributed by atoms with van der Waals surface area (Å²) in [7, 11) is 0. The fraction of sp³-hybridized carbons (Fsp3) is 0.375. The summed E-state index contributed by atoms with van der Waals surface area (Å²) in [6.07, 6.45) is 0. The van der Waals surface area contributed by atoms with E-state index in [-0.39, 0.29) is 5.97 Å². The lowest BCUT2D eigenvalue weighted by atomic mass is 10.2. The quantitative estimate of drug-likeness (QED) is 0.715. The van der Waals surface area contributed by atoms with E-state index in [2.05, 4.69) is 0 Å². The van der Waals surface area contributed by atoms with Crippen molar-refractivity contribution in [3.8, 4) is 0 Å². The Bertz CT molecular complexity index is 293. The molecule has 4 heteroatoms. The molecule has 2 N–H and O–H groups in total. The predicted molar refractivity (Wildman–Crippen MR) is 49.4 cm³/mol. The van der Waals surface area contributed by atoms with Gasteiger partial charge in [-0.25, -0.2) is 4.79 Å². The van der Waals surface area contributed by atoms with Crippen molar-refractivity contribution in [2.24, 2.45) is 0 Å². The Hall–Kier alpha value is -1.03. The number of carbonyl (C=O) groups is 1. The molecule has 12 heavy (non-hydrogen) atoms. The number of nitrogen functional groups attached to an aromatic ring is 1. The second-order valence-electron chi connectivity index (χ2n) is 2.37. The molecule has 0 saturated heterocycles. The zero-order chi connectivity index (χ0) is 9.14. The summed E-state index contributed by atoms with van der Waals surface area (Å²) in [6.45, 7) is 4.00. The van der Waals surface area contributed by atoms with E-state index in [9.17, 15) is 4.79 Å². The predicted octanol–water partition coefficient (Wildman–Crippen LogP) is 1.82. The van der Waals surface area contributed by atoms with Crippen LogP contribution in [0.5, 0.6) is 0 Å². The second kappa shape index (κ2) is 3.58. The first kappa shape index (κ1) is 9.06. The first-order valence-corrected chi connectivity index (χ1v) is 4.55. The molecule has 0 fully saturated rings. The third-order valence-electron chi connectivity index (χ3n) is 1.54. The molecule has 0 bridgehead atoms. The van der Waals surface area contributed by atoms with Crippen molar-refractivity contribution in [1.82, 2.24) is 0 Å². The Labute approximate surface area is 75.1 Å². The highest BCUT2D eigenvalue weighted by Gasteiger charge is 2.13. The molecular weight excluding hydrogens is 174 g/mol. The molecule has 0 amide bonds. The van der Waals surface area contributed by atoms with Crippen molar-refractivity contribution < 1.29 is 9.53 Å². The molecule has 0 unspecified atom stereocenters. The van der Waals surface area contributed by atoms with Gasteiger partial charge in [0.25, 0.3) is 0 Å². The van der Waals surface area contributed by atoms with Gasteiger partial charge >= 0.3 is 5.97 Å². The Morgan fingerprint density at radius 3 is 2.83 bits per heavy atom. The van der Waals surface area contributed by atoms with Gasteiger partial charge in [0.15, 0.2) is 0 Å². The summed E-state index contributed by atoms with van der Waals surface area (Å²) in [5.41, 5.74) is 7.05. The van der Waals surface area contributed by atoms with E-state index in [0.29, 0.717) is 17.2 Å². The van der Waals surface area contributed by atoms with Crippen molar-refractivity contribution in [3.63, 3.8) is 0 Å². The highest BCUT2D eigenvalue weighted by atomic mass is 32.1. The molecule has 1 aromatic heterocycles. The molecule has 0 spiro atoms. The molecule has 0 aliphatic heterocycles. The van der Waals surface area contributed by atoms with E-state index in [1.165, 1.54) is 11.3 Å². The first-order chi connectivity index (χ1) is 5.66. The summed E-state index contributed by atoms with van der Waals surface area (Å²) >= 11 is 1.32. The smallest absolute Gasteiger partial charge is 0.348 e. The van der Waals surface area contributed by atoms with Gasteiger partial charge in [-0.3, -0.25) is 0 Å². The van der Waals surface area contributed by atoms with Crippen LogP contribution >= 0.6 is 11.3 Å². The van der Waals surface area contributed by atoms with E-state index < -0.39 is 0 Å². The van der Waals surface area contributed by atoms with E-state index in [4.69, 9.17) is 10.5 Å². The Morgan fingerprint density at radius 1 is 1.75 bits per heavy atom. The topological polar surface area (TPSA) is 52.3 Å². The molecule has 66 valence electrons. The lowest BCUT2D eigenvalue weighted by Gasteiger charge is -1.99. The van der Waals surface area contributed by atoms with Crippen LogP contribution in [0.25, 0.3) is 0 Å². The number of esters is 1. The van der Waals surface area contributed by atoms with Crippen molar-refractivity contribution >= 4 is 23.0 Å². The minimum Gasteiger partial charge on any atom is -0.462 e. The minimum atomic E-state index is -0.281. The van der Waals surface area contributed by atoms with Crippen molar-refractivity contribution in [2.75, 3.05) is 12.3 Å².